The standard InChI is InChI=1S/C18H15N3OS3/c22-17(11-24-18-20-19-12-25-18)21-14-8-4-5-9-16(14)23-10-15(21)13-6-2-1-3-7-13/h1-9,12,15H,10-11H2/t15-/m1/s1. The van der Waals surface area contributed by atoms with Gasteiger partial charge in [-0.1, -0.05) is 65.6 Å². The molecule has 0 bridgehead atoms. The first-order valence-electron chi connectivity index (χ1n) is 7.81. The molecule has 0 radical (unpaired) electrons. The van der Waals surface area contributed by atoms with E-state index in [-0.39, 0.29) is 11.9 Å². The van der Waals surface area contributed by atoms with Crippen molar-refractivity contribution in [2.45, 2.75) is 15.3 Å². The molecular formula is C18H15N3OS3. The van der Waals surface area contributed by atoms with Gasteiger partial charge in [-0.2, -0.15) is 0 Å². The Balaban J connectivity index is 1.64. The van der Waals surface area contributed by atoms with Crippen LogP contribution in [0.3, 0.4) is 0 Å². The first-order chi connectivity index (χ1) is 12.3. The van der Waals surface area contributed by atoms with E-state index in [1.165, 1.54) is 28.7 Å². The van der Waals surface area contributed by atoms with Crippen molar-refractivity contribution < 1.29 is 4.79 Å². The van der Waals surface area contributed by atoms with E-state index in [0.29, 0.717) is 5.75 Å². The number of hydrogen-bond acceptors (Lipinski definition) is 6. The van der Waals surface area contributed by atoms with Gasteiger partial charge in [-0.3, -0.25) is 4.79 Å². The van der Waals surface area contributed by atoms with Crippen LogP contribution >= 0.6 is 34.9 Å². The predicted octanol–water partition coefficient (Wildman–Crippen LogP) is 4.51. The highest BCUT2D eigenvalue weighted by Crippen LogP contribution is 2.43. The summed E-state index contributed by atoms with van der Waals surface area (Å²) in [6.07, 6.45) is 0. The van der Waals surface area contributed by atoms with Crippen LogP contribution in [0, 0.1) is 0 Å². The predicted molar refractivity (Wildman–Crippen MR) is 104 cm³/mol. The molecule has 3 aromatic rings. The number of hydrogen-bond donors (Lipinski definition) is 0. The number of anilines is 1. The molecule has 0 aliphatic carbocycles. The molecule has 0 fully saturated rings. The number of para-hydroxylation sites is 1. The van der Waals surface area contributed by atoms with E-state index in [0.717, 1.165) is 20.7 Å². The molecule has 1 aromatic heterocycles. The minimum atomic E-state index is 0.0450. The molecule has 1 aliphatic rings. The Morgan fingerprint density at radius 2 is 1.96 bits per heavy atom. The summed E-state index contributed by atoms with van der Waals surface area (Å²) >= 11 is 4.72. The van der Waals surface area contributed by atoms with Gasteiger partial charge in [0.1, 0.15) is 5.51 Å². The van der Waals surface area contributed by atoms with Crippen LogP contribution in [0.1, 0.15) is 11.6 Å². The molecule has 0 saturated carbocycles. The molecule has 0 saturated heterocycles. The van der Waals surface area contributed by atoms with Gasteiger partial charge in [0.25, 0.3) is 0 Å². The summed E-state index contributed by atoms with van der Waals surface area (Å²) in [6.45, 7) is 0. The van der Waals surface area contributed by atoms with Crippen LogP contribution in [0.2, 0.25) is 0 Å². The second-order valence-electron chi connectivity index (χ2n) is 5.46. The lowest BCUT2D eigenvalue weighted by Gasteiger charge is -2.37. The molecular weight excluding hydrogens is 370 g/mol. The van der Waals surface area contributed by atoms with Crippen molar-refractivity contribution in [3.05, 3.63) is 65.7 Å². The molecule has 4 rings (SSSR count). The minimum absolute atomic E-state index is 0.0450. The number of fused-ring (bicyclic) bond motifs is 1. The summed E-state index contributed by atoms with van der Waals surface area (Å²) in [6, 6.07) is 18.4. The summed E-state index contributed by atoms with van der Waals surface area (Å²) in [5.41, 5.74) is 3.85. The van der Waals surface area contributed by atoms with Gasteiger partial charge in [0.05, 0.1) is 17.5 Å². The maximum atomic E-state index is 13.1. The van der Waals surface area contributed by atoms with E-state index in [9.17, 15) is 4.79 Å². The van der Waals surface area contributed by atoms with Gasteiger partial charge in [0.2, 0.25) is 5.91 Å². The lowest BCUT2D eigenvalue weighted by molar-refractivity contribution is -0.116. The van der Waals surface area contributed by atoms with Crippen LogP contribution in [0.15, 0.2) is 69.3 Å². The van der Waals surface area contributed by atoms with Crippen molar-refractivity contribution in [1.82, 2.24) is 10.2 Å². The maximum Gasteiger partial charge on any atom is 0.238 e. The van der Waals surface area contributed by atoms with E-state index in [1.54, 1.807) is 5.51 Å². The number of nitrogens with zero attached hydrogens (tertiary/aromatic N) is 3. The topological polar surface area (TPSA) is 46.1 Å². The zero-order valence-corrected chi connectivity index (χ0v) is 15.7. The molecule has 4 nitrogen and oxygen atoms in total. The smallest absolute Gasteiger partial charge is 0.238 e. The van der Waals surface area contributed by atoms with Gasteiger partial charge in [-0.25, -0.2) is 0 Å². The van der Waals surface area contributed by atoms with Gasteiger partial charge in [-0.15, -0.1) is 22.0 Å². The normalized spacial score (nSPS) is 16.5. The lowest BCUT2D eigenvalue weighted by atomic mass is 10.1. The van der Waals surface area contributed by atoms with Crippen molar-refractivity contribution in [3.63, 3.8) is 0 Å². The Kier molecular flexibility index (Phi) is 5.05. The van der Waals surface area contributed by atoms with Crippen molar-refractivity contribution in [1.29, 1.82) is 0 Å². The highest BCUT2D eigenvalue weighted by atomic mass is 32.2. The highest BCUT2D eigenvalue weighted by molar-refractivity contribution is 8.01. The highest BCUT2D eigenvalue weighted by Gasteiger charge is 2.32. The van der Waals surface area contributed by atoms with Crippen LogP contribution in [-0.4, -0.2) is 27.6 Å². The van der Waals surface area contributed by atoms with E-state index >= 15 is 0 Å². The largest absolute Gasteiger partial charge is 0.302 e. The molecule has 25 heavy (non-hydrogen) atoms. The number of benzene rings is 2. The lowest BCUT2D eigenvalue weighted by Crippen LogP contribution is -2.39. The Labute approximate surface area is 158 Å². The third-order valence-electron chi connectivity index (χ3n) is 3.95. The summed E-state index contributed by atoms with van der Waals surface area (Å²) in [4.78, 5) is 16.2. The fraction of sp³-hybridized carbons (Fsp3) is 0.167. The summed E-state index contributed by atoms with van der Waals surface area (Å²) in [7, 11) is 0. The summed E-state index contributed by atoms with van der Waals surface area (Å²) in [5, 5.41) is 7.84. The number of thioether (sulfide) groups is 2. The molecule has 0 N–H and O–H groups in total. The minimum Gasteiger partial charge on any atom is -0.302 e. The van der Waals surface area contributed by atoms with E-state index in [1.807, 2.05) is 53.1 Å². The third kappa shape index (κ3) is 3.58. The molecule has 0 unspecified atom stereocenters. The molecule has 0 spiro atoms. The first-order valence-corrected chi connectivity index (χ1v) is 10.7. The van der Waals surface area contributed by atoms with Crippen LogP contribution in [-0.2, 0) is 4.79 Å². The first kappa shape index (κ1) is 16.6. The van der Waals surface area contributed by atoms with Gasteiger partial charge in [0.15, 0.2) is 4.34 Å². The average molecular weight is 386 g/mol. The second kappa shape index (κ2) is 7.59. The zero-order chi connectivity index (χ0) is 17.1. The monoisotopic (exact) mass is 385 g/mol. The number of amides is 1. The molecule has 2 heterocycles. The van der Waals surface area contributed by atoms with Gasteiger partial charge >= 0.3 is 0 Å². The quantitative estimate of drug-likeness (QED) is 0.618. The second-order valence-corrected chi connectivity index (χ2v) is 8.58. The van der Waals surface area contributed by atoms with Crippen molar-refractivity contribution in [2.75, 3.05) is 16.4 Å². The Morgan fingerprint density at radius 3 is 2.76 bits per heavy atom. The maximum absolute atomic E-state index is 13.1. The van der Waals surface area contributed by atoms with Gasteiger partial charge in [0, 0.05) is 10.6 Å². The van der Waals surface area contributed by atoms with E-state index < -0.39 is 0 Å². The van der Waals surface area contributed by atoms with Crippen LogP contribution in [0.4, 0.5) is 5.69 Å². The van der Waals surface area contributed by atoms with E-state index in [4.69, 9.17) is 0 Å². The Morgan fingerprint density at radius 1 is 1.16 bits per heavy atom. The number of carbonyl (C=O) groups is 1. The van der Waals surface area contributed by atoms with E-state index in [2.05, 4.69) is 28.4 Å². The molecule has 2 aromatic carbocycles. The number of carbonyl (C=O) groups excluding carboxylic acids is 1. The Bertz CT molecular complexity index is 855. The molecule has 1 atom stereocenters. The van der Waals surface area contributed by atoms with Crippen LogP contribution < -0.4 is 4.90 Å². The number of rotatable bonds is 4. The van der Waals surface area contributed by atoms with Gasteiger partial charge in [-0.05, 0) is 17.7 Å². The van der Waals surface area contributed by atoms with Crippen LogP contribution in [0.25, 0.3) is 0 Å². The summed E-state index contributed by atoms with van der Waals surface area (Å²) in [5.74, 6) is 1.31. The van der Waals surface area contributed by atoms with Gasteiger partial charge < -0.3 is 4.90 Å². The van der Waals surface area contributed by atoms with Crippen molar-refractivity contribution in [2.24, 2.45) is 0 Å². The fourth-order valence-corrected chi connectivity index (χ4v) is 5.35. The van der Waals surface area contributed by atoms with Crippen molar-refractivity contribution >= 4 is 46.5 Å². The molecule has 7 heteroatoms. The van der Waals surface area contributed by atoms with Crippen LogP contribution in [0.5, 0.6) is 0 Å². The summed E-state index contributed by atoms with van der Waals surface area (Å²) < 4.78 is 0.823. The molecule has 1 amide bonds. The Hall–Kier alpha value is -1.83. The SMILES string of the molecule is O=C(CSc1nncs1)N1c2ccccc2SC[C@@H]1c1ccccc1. The zero-order valence-electron chi connectivity index (χ0n) is 13.2. The molecule has 1 aliphatic heterocycles. The fourth-order valence-electron chi connectivity index (χ4n) is 2.84. The average Bonchev–Trinajstić information content (AvgIpc) is 3.19. The number of aromatic nitrogens is 2. The van der Waals surface area contributed by atoms with Crippen molar-refractivity contribution in [3.8, 4) is 0 Å². The third-order valence-corrected chi connectivity index (χ3v) is 6.93. The molecule has 126 valence electrons.